The lowest BCUT2D eigenvalue weighted by Gasteiger charge is -2.38. The van der Waals surface area contributed by atoms with Gasteiger partial charge in [0.25, 0.3) is 5.91 Å². The Bertz CT molecular complexity index is 1500. The first kappa shape index (κ1) is 25.6. The van der Waals surface area contributed by atoms with Crippen LogP contribution in [0.1, 0.15) is 52.4 Å². The first-order valence-electron chi connectivity index (χ1n) is 13.7. The van der Waals surface area contributed by atoms with E-state index < -0.39 is 0 Å². The minimum atomic E-state index is -0.235. The highest BCUT2D eigenvalue weighted by molar-refractivity contribution is 5.94. The average Bonchev–Trinajstić information content (AvgIpc) is 3.49. The molecule has 0 saturated carbocycles. The summed E-state index contributed by atoms with van der Waals surface area (Å²) in [5.41, 5.74) is 3.63. The first-order chi connectivity index (χ1) is 19.6. The van der Waals surface area contributed by atoms with Crippen molar-refractivity contribution < 1.29 is 19.1 Å². The molecule has 204 valence electrons. The summed E-state index contributed by atoms with van der Waals surface area (Å²) in [7, 11) is 0. The molecule has 2 aromatic carbocycles. The average molecular weight is 538 g/mol. The van der Waals surface area contributed by atoms with E-state index in [4.69, 9.17) is 9.47 Å². The van der Waals surface area contributed by atoms with E-state index in [1.54, 1.807) is 18.5 Å². The minimum Gasteiger partial charge on any atom is -0.494 e. The highest BCUT2D eigenvalue weighted by atomic mass is 16.5. The smallest absolute Gasteiger partial charge is 0.252 e. The minimum absolute atomic E-state index is 0.121. The first-order valence-corrected chi connectivity index (χ1v) is 13.7. The fourth-order valence-corrected chi connectivity index (χ4v) is 5.34. The van der Waals surface area contributed by atoms with Crippen molar-refractivity contribution in [1.29, 1.82) is 0 Å². The van der Waals surface area contributed by atoms with Crippen molar-refractivity contribution in [3.8, 4) is 17.2 Å². The van der Waals surface area contributed by atoms with Gasteiger partial charge in [0.05, 0.1) is 24.4 Å². The molecule has 3 aliphatic heterocycles. The molecular weight excluding hydrogens is 506 g/mol. The van der Waals surface area contributed by atoms with Crippen LogP contribution in [0, 0.1) is 0 Å². The quantitative estimate of drug-likeness (QED) is 0.411. The summed E-state index contributed by atoms with van der Waals surface area (Å²) in [6, 6.07) is 17.3. The lowest BCUT2D eigenvalue weighted by atomic mass is 9.87. The second-order valence-corrected chi connectivity index (χ2v) is 10.0. The topological polar surface area (TPSA) is 98.6 Å². The number of carbonyl (C=O) groups excluding carboxylic acids is 2. The van der Waals surface area contributed by atoms with E-state index in [-0.39, 0.29) is 17.9 Å². The van der Waals surface area contributed by atoms with Crippen LogP contribution in [-0.2, 0) is 17.8 Å². The van der Waals surface area contributed by atoms with Gasteiger partial charge < -0.3 is 19.7 Å². The molecule has 0 radical (unpaired) electrons. The van der Waals surface area contributed by atoms with Crippen LogP contribution < -0.4 is 14.8 Å². The SMILES string of the molecule is O=C1NCCCOc2cccc(c2)C2c3ccc(cc3CCN2C(=O)CCCn2cccn2)Oc2cncc1c2. The van der Waals surface area contributed by atoms with Crippen LogP contribution in [0.4, 0.5) is 0 Å². The Labute approximate surface area is 232 Å². The number of amides is 2. The number of pyridine rings is 1. The van der Waals surface area contributed by atoms with Crippen molar-refractivity contribution in [2.24, 2.45) is 0 Å². The number of hydrogen-bond acceptors (Lipinski definition) is 6. The Kier molecular flexibility index (Phi) is 7.43. The van der Waals surface area contributed by atoms with Gasteiger partial charge in [-0.3, -0.25) is 19.3 Å². The summed E-state index contributed by atoms with van der Waals surface area (Å²) in [4.78, 5) is 32.4. The molecule has 1 N–H and O–H groups in total. The van der Waals surface area contributed by atoms with Gasteiger partial charge in [-0.25, -0.2) is 0 Å². The van der Waals surface area contributed by atoms with E-state index >= 15 is 0 Å². The number of aryl methyl sites for hydroxylation is 1. The van der Waals surface area contributed by atoms with Crippen LogP contribution >= 0.6 is 0 Å². The Balaban J connectivity index is 1.33. The van der Waals surface area contributed by atoms with Crippen molar-refractivity contribution in [3.63, 3.8) is 0 Å². The third-order valence-electron chi connectivity index (χ3n) is 7.26. The fraction of sp³-hybridized carbons (Fsp3) is 0.290. The molecule has 2 aromatic heterocycles. The van der Waals surface area contributed by atoms with Gasteiger partial charge in [0.1, 0.15) is 17.2 Å². The second kappa shape index (κ2) is 11.6. The standard InChI is InChI=1S/C31H31N5O4/c37-29(7-2-13-35-14-3-12-34-35)36-15-10-22-17-26-8-9-28(22)30(36)23-5-1-6-25(18-23)39-16-4-11-33-31(38)24-19-27(40-26)21-32-20-24/h1,3,5-6,8-9,12,14,17-21,30H,2,4,7,10-11,13,15-16H2,(H,33,38). The summed E-state index contributed by atoms with van der Waals surface area (Å²) in [6.07, 6.45) is 9.31. The fourth-order valence-electron chi connectivity index (χ4n) is 5.34. The zero-order valence-electron chi connectivity index (χ0n) is 22.2. The zero-order chi connectivity index (χ0) is 27.3. The van der Waals surface area contributed by atoms with Crippen LogP contribution in [0.15, 0.2) is 79.4 Å². The Morgan fingerprint density at radius 2 is 2.00 bits per heavy atom. The lowest BCUT2D eigenvalue weighted by molar-refractivity contribution is -0.133. The number of rotatable bonds is 4. The summed E-state index contributed by atoms with van der Waals surface area (Å²) in [5, 5.41) is 7.16. The highest BCUT2D eigenvalue weighted by Gasteiger charge is 2.32. The highest BCUT2D eigenvalue weighted by Crippen LogP contribution is 2.39. The zero-order valence-corrected chi connectivity index (χ0v) is 22.2. The number of aromatic nitrogens is 3. The van der Waals surface area contributed by atoms with Crippen molar-refractivity contribution in [2.75, 3.05) is 19.7 Å². The molecule has 1 unspecified atom stereocenters. The van der Waals surface area contributed by atoms with E-state index in [9.17, 15) is 9.59 Å². The van der Waals surface area contributed by atoms with Gasteiger partial charge in [-0.15, -0.1) is 0 Å². The molecule has 7 rings (SSSR count). The maximum Gasteiger partial charge on any atom is 0.252 e. The molecule has 40 heavy (non-hydrogen) atoms. The Morgan fingerprint density at radius 3 is 2.90 bits per heavy atom. The van der Waals surface area contributed by atoms with Gasteiger partial charge in [-0.2, -0.15) is 5.10 Å². The van der Waals surface area contributed by atoms with Crippen molar-refractivity contribution in [3.05, 3.63) is 102 Å². The molecule has 2 amide bonds. The van der Waals surface area contributed by atoms with Crippen molar-refractivity contribution >= 4 is 11.8 Å². The molecule has 0 fully saturated rings. The van der Waals surface area contributed by atoms with E-state index in [2.05, 4.69) is 21.5 Å². The van der Waals surface area contributed by atoms with E-state index in [1.807, 2.05) is 58.2 Å². The second-order valence-electron chi connectivity index (χ2n) is 10.0. The Hall–Kier alpha value is -4.66. The largest absolute Gasteiger partial charge is 0.494 e. The van der Waals surface area contributed by atoms with Gasteiger partial charge >= 0.3 is 0 Å². The van der Waals surface area contributed by atoms with Crippen LogP contribution in [0.2, 0.25) is 0 Å². The molecule has 5 heterocycles. The Morgan fingerprint density at radius 1 is 1.05 bits per heavy atom. The maximum atomic E-state index is 13.6. The molecule has 1 atom stereocenters. The van der Waals surface area contributed by atoms with E-state index in [1.165, 1.54) is 6.20 Å². The normalized spacial score (nSPS) is 16.8. The molecule has 8 bridgehead atoms. The number of ether oxygens (including phenoxy) is 2. The van der Waals surface area contributed by atoms with Gasteiger partial charge in [0.2, 0.25) is 5.91 Å². The van der Waals surface area contributed by atoms with Crippen LogP contribution in [0.3, 0.4) is 0 Å². The molecule has 0 spiro atoms. The molecule has 0 saturated heterocycles. The van der Waals surface area contributed by atoms with E-state index in [0.29, 0.717) is 62.6 Å². The van der Waals surface area contributed by atoms with Gasteiger partial charge in [-0.1, -0.05) is 18.2 Å². The van der Waals surface area contributed by atoms with Crippen molar-refractivity contribution in [1.82, 2.24) is 25.0 Å². The number of nitrogens with zero attached hydrogens (tertiary/aromatic N) is 4. The number of fused-ring (bicyclic) bond motifs is 6. The number of carbonyl (C=O) groups is 2. The third-order valence-corrected chi connectivity index (χ3v) is 7.26. The maximum absolute atomic E-state index is 13.6. The van der Waals surface area contributed by atoms with Gasteiger partial charge in [0, 0.05) is 44.6 Å². The molecule has 9 nitrogen and oxygen atoms in total. The monoisotopic (exact) mass is 537 g/mol. The van der Waals surface area contributed by atoms with E-state index in [0.717, 1.165) is 28.9 Å². The lowest BCUT2D eigenvalue weighted by Crippen LogP contribution is -2.40. The van der Waals surface area contributed by atoms with Crippen LogP contribution in [0.5, 0.6) is 17.2 Å². The summed E-state index contributed by atoms with van der Waals surface area (Å²) in [5.74, 6) is 1.80. The van der Waals surface area contributed by atoms with Gasteiger partial charge in [0.15, 0.2) is 0 Å². The molecule has 4 aromatic rings. The molecule has 3 aliphatic rings. The third kappa shape index (κ3) is 5.68. The molecular formula is C31H31N5O4. The number of benzene rings is 2. The number of hydrogen-bond donors (Lipinski definition) is 1. The van der Waals surface area contributed by atoms with Crippen molar-refractivity contribution in [2.45, 2.75) is 38.3 Å². The summed E-state index contributed by atoms with van der Waals surface area (Å²) in [6.45, 7) is 2.22. The van der Waals surface area contributed by atoms with Crippen LogP contribution in [-0.4, -0.2) is 51.2 Å². The summed E-state index contributed by atoms with van der Waals surface area (Å²) >= 11 is 0. The van der Waals surface area contributed by atoms with Gasteiger partial charge in [-0.05, 0) is 72.4 Å². The molecule has 0 aliphatic carbocycles. The molecule has 9 heteroatoms. The predicted octanol–water partition coefficient (Wildman–Crippen LogP) is 4.54. The predicted molar refractivity (Wildman–Crippen MR) is 148 cm³/mol. The summed E-state index contributed by atoms with van der Waals surface area (Å²) < 4.78 is 14.0. The number of nitrogens with one attached hydrogen (secondary N) is 1. The van der Waals surface area contributed by atoms with Crippen LogP contribution in [0.25, 0.3) is 0 Å².